The highest BCUT2D eigenvalue weighted by Gasteiger charge is 2.26. The summed E-state index contributed by atoms with van der Waals surface area (Å²) in [5, 5.41) is 5.93. The Labute approximate surface area is 156 Å². The molecule has 2 N–H and O–H groups in total. The molecule has 26 heavy (non-hydrogen) atoms. The van der Waals surface area contributed by atoms with Crippen LogP contribution in [0.5, 0.6) is 11.5 Å². The number of hydrogen-bond donors (Lipinski definition) is 2. The Bertz CT molecular complexity index is 585. The predicted molar refractivity (Wildman–Crippen MR) is 105 cm³/mol. The van der Waals surface area contributed by atoms with E-state index in [4.69, 9.17) is 9.47 Å². The molecule has 0 aromatic heterocycles. The Hall–Kier alpha value is -2.44. The summed E-state index contributed by atoms with van der Waals surface area (Å²) in [6.07, 6.45) is 0. The van der Waals surface area contributed by atoms with Crippen LogP contribution in [0.25, 0.3) is 0 Å². The summed E-state index contributed by atoms with van der Waals surface area (Å²) in [5.41, 5.74) is -0.560. The Morgan fingerprint density at radius 2 is 1.85 bits per heavy atom. The summed E-state index contributed by atoms with van der Waals surface area (Å²) in [4.78, 5) is 18.5. The molecule has 7 heteroatoms. The molecular weight excluding hydrogens is 332 g/mol. The number of guanidine groups is 1. The van der Waals surface area contributed by atoms with Crippen LogP contribution in [0.2, 0.25) is 0 Å². The van der Waals surface area contributed by atoms with E-state index < -0.39 is 5.41 Å². The monoisotopic (exact) mass is 364 g/mol. The van der Waals surface area contributed by atoms with E-state index in [0.717, 1.165) is 24.0 Å². The van der Waals surface area contributed by atoms with E-state index in [1.807, 2.05) is 57.0 Å². The van der Waals surface area contributed by atoms with Crippen LogP contribution in [0, 0.1) is 5.41 Å². The van der Waals surface area contributed by atoms with Crippen LogP contribution >= 0.6 is 0 Å². The molecule has 0 fully saturated rings. The minimum absolute atomic E-state index is 0.0254. The number of aliphatic imine (C=N–C) groups is 1. The normalized spacial score (nSPS) is 11.7. The molecule has 0 heterocycles. The number of carbonyl (C=O) groups is 1. The minimum Gasteiger partial charge on any atom is -0.497 e. The van der Waals surface area contributed by atoms with Gasteiger partial charge in [-0.2, -0.15) is 0 Å². The molecule has 146 valence electrons. The molecule has 0 spiro atoms. The van der Waals surface area contributed by atoms with Crippen molar-refractivity contribution in [1.82, 2.24) is 15.5 Å². The van der Waals surface area contributed by atoms with E-state index in [0.29, 0.717) is 19.7 Å². The summed E-state index contributed by atoms with van der Waals surface area (Å²) in [7, 11) is 5.23. The van der Waals surface area contributed by atoms with Gasteiger partial charge >= 0.3 is 0 Å². The first kappa shape index (κ1) is 21.6. The molecule has 0 saturated carbocycles. The molecule has 0 radical (unpaired) electrons. The molecular formula is C19H32N4O3. The van der Waals surface area contributed by atoms with Gasteiger partial charge in [0.2, 0.25) is 5.91 Å². The van der Waals surface area contributed by atoms with E-state index in [1.165, 1.54) is 0 Å². The molecule has 0 aliphatic heterocycles. The van der Waals surface area contributed by atoms with Gasteiger partial charge in [-0.25, -0.2) is 0 Å². The standard InChI is InChI=1S/C19H32N4O3/c1-7-21-18(22-14-19(2,3)17(24)20-4)23(5)12-13-26-16-10-8-15(25-6)9-11-16/h8-11H,7,12-14H2,1-6H3,(H,20,24)(H,21,22). The zero-order valence-electron chi connectivity index (χ0n) is 16.8. The summed E-state index contributed by atoms with van der Waals surface area (Å²) in [6.45, 7) is 8.12. The lowest BCUT2D eigenvalue weighted by Crippen LogP contribution is -2.43. The van der Waals surface area contributed by atoms with Crippen LogP contribution < -0.4 is 20.1 Å². The fourth-order valence-corrected chi connectivity index (χ4v) is 2.23. The third-order valence-corrected chi connectivity index (χ3v) is 3.92. The number of rotatable bonds is 9. The molecule has 7 nitrogen and oxygen atoms in total. The Kier molecular flexibility index (Phi) is 8.75. The molecule has 0 unspecified atom stereocenters. The lowest BCUT2D eigenvalue weighted by atomic mass is 9.93. The molecule has 0 aliphatic carbocycles. The largest absolute Gasteiger partial charge is 0.497 e. The van der Waals surface area contributed by atoms with Crippen LogP contribution in [0.3, 0.4) is 0 Å². The third kappa shape index (κ3) is 6.82. The first-order chi connectivity index (χ1) is 12.3. The number of hydrogen-bond acceptors (Lipinski definition) is 4. The van der Waals surface area contributed by atoms with Crippen molar-refractivity contribution in [2.45, 2.75) is 20.8 Å². The summed E-state index contributed by atoms with van der Waals surface area (Å²) >= 11 is 0. The van der Waals surface area contributed by atoms with E-state index in [1.54, 1.807) is 14.2 Å². The second kappa shape index (κ2) is 10.5. The van der Waals surface area contributed by atoms with E-state index in [2.05, 4.69) is 15.6 Å². The number of nitrogens with zero attached hydrogens (tertiary/aromatic N) is 2. The average Bonchev–Trinajstić information content (AvgIpc) is 2.64. The van der Waals surface area contributed by atoms with Gasteiger partial charge in [-0.1, -0.05) is 0 Å². The maximum atomic E-state index is 11.9. The fraction of sp³-hybridized carbons (Fsp3) is 0.579. The highest BCUT2D eigenvalue weighted by Crippen LogP contribution is 2.17. The molecule has 0 atom stereocenters. The van der Waals surface area contributed by atoms with Gasteiger partial charge in [0, 0.05) is 20.6 Å². The highest BCUT2D eigenvalue weighted by molar-refractivity contribution is 5.83. The zero-order chi connectivity index (χ0) is 19.6. The molecule has 1 amide bonds. The van der Waals surface area contributed by atoms with E-state index >= 15 is 0 Å². The van der Waals surface area contributed by atoms with Crippen molar-refractivity contribution in [3.63, 3.8) is 0 Å². The van der Waals surface area contributed by atoms with Crippen LogP contribution in [-0.2, 0) is 4.79 Å². The number of nitrogens with one attached hydrogen (secondary N) is 2. The molecule has 0 saturated heterocycles. The van der Waals surface area contributed by atoms with Gasteiger partial charge in [-0.3, -0.25) is 9.79 Å². The number of ether oxygens (including phenoxy) is 2. The number of benzene rings is 1. The molecule has 1 rings (SSSR count). The minimum atomic E-state index is -0.560. The van der Waals surface area contributed by atoms with Crippen molar-refractivity contribution < 1.29 is 14.3 Å². The Morgan fingerprint density at radius 1 is 1.23 bits per heavy atom. The smallest absolute Gasteiger partial charge is 0.227 e. The molecule has 0 bridgehead atoms. The first-order valence-corrected chi connectivity index (χ1v) is 8.82. The number of likely N-dealkylation sites (N-methyl/N-ethyl adjacent to an activating group) is 1. The summed E-state index contributed by atoms with van der Waals surface area (Å²) < 4.78 is 10.9. The van der Waals surface area contributed by atoms with Gasteiger partial charge in [-0.15, -0.1) is 0 Å². The van der Waals surface area contributed by atoms with Crippen molar-refractivity contribution in [3.05, 3.63) is 24.3 Å². The predicted octanol–water partition coefficient (Wildman–Crippen LogP) is 1.74. The third-order valence-electron chi connectivity index (χ3n) is 3.92. The van der Waals surface area contributed by atoms with Crippen LogP contribution in [0.15, 0.2) is 29.3 Å². The van der Waals surface area contributed by atoms with Crippen molar-refractivity contribution in [2.75, 3.05) is 47.4 Å². The maximum absolute atomic E-state index is 11.9. The second-order valence-electron chi connectivity index (χ2n) is 6.58. The Balaban J connectivity index is 2.59. The van der Waals surface area contributed by atoms with Crippen LogP contribution in [-0.4, -0.2) is 64.2 Å². The van der Waals surface area contributed by atoms with Gasteiger partial charge in [0.05, 0.1) is 25.6 Å². The fourth-order valence-electron chi connectivity index (χ4n) is 2.23. The number of methoxy groups -OCH3 is 1. The maximum Gasteiger partial charge on any atom is 0.227 e. The Morgan fingerprint density at radius 3 is 2.38 bits per heavy atom. The molecule has 0 aliphatic rings. The van der Waals surface area contributed by atoms with Gasteiger partial charge < -0.3 is 25.0 Å². The van der Waals surface area contributed by atoms with Crippen molar-refractivity contribution in [3.8, 4) is 11.5 Å². The van der Waals surface area contributed by atoms with Gasteiger partial charge in [0.15, 0.2) is 5.96 Å². The quantitative estimate of drug-likeness (QED) is 0.516. The second-order valence-corrected chi connectivity index (χ2v) is 6.58. The highest BCUT2D eigenvalue weighted by atomic mass is 16.5. The number of amides is 1. The van der Waals surface area contributed by atoms with Gasteiger partial charge in [-0.05, 0) is 45.0 Å². The van der Waals surface area contributed by atoms with Gasteiger partial charge in [0.25, 0.3) is 0 Å². The van der Waals surface area contributed by atoms with Crippen molar-refractivity contribution >= 4 is 11.9 Å². The zero-order valence-corrected chi connectivity index (χ0v) is 16.8. The first-order valence-electron chi connectivity index (χ1n) is 8.82. The molecule has 1 aromatic rings. The SMILES string of the molecule is CCNC(=NCC(C)(C)C(=O)NC)N(C)CCOc1ccc(OC)cc1. The average molecular weight is 364 g/mol. The molecule has 1 aromatic carbocycles. The van der Waals surface area contributed by atoms with E-state index in [9.17, 15) is 4.79 Å². The van der Waals surface area contributed by atoms with Crippen molar-refractivity contribution in [1.29, 1.82) is 0 Å². The summed E-state index contributed by atoms with van der Waals surface area (Å²) in [6, 6.07) is 7.49. The number of carbonyl (C=O) groups excluding carboxylic acids is 1. The topological polar surface area (TPSA) is 75.2 Å². The lowest BCUT2D eigenvalue weighted by molar-refractivity contribution is -0.128. The van der Waals surface area contributed by atoms with Crippen LogP contribution in [0.4, 0.5) is 0 Å². The van der Waals surface area contributed by atoms with Crippen LogP contribution in [0.1, 0.15) is 20.8 Å². The van der Waals surface area contributed by atoms with E-state index in [-0.39, 0.29) is 5.91 Å². The van der Waals surface area contributed by atoms with Gasteiger partial charge in [0.1, 0.15) is 18.1 Å². The lowest BCUT2D eigenvalue weighted by Gasteiger charge is -2.25. The summed E-state index contributed by atoms with van der Waals surface area (Å²) in [5.74, 6) is 2.32. The van der Waals surface area contributed by atoms with Crippen molar-refractivity contribution in [2.24, 2.45) is 10.4 Å².